The number of fused-ring (bicyclic) bond motifs is 2. The Balaban J connectivity index is 1.91. The van der Waals surface area contributed by atoms with Crippen LogP contribution < -0.4 is 11.1 Å². The second-order valence-electron chi connectivity index (χ2n) is 5.44. The summed E-state index contributed by atoms with van der Waals surface area (Å²) in [4.78, 5) is 10.6. The first kappa shape index (κ1) is 9.81. The van der Waals surface area contributed by atoms with E-state index in [1.165, 1.54) is 19.3 Å². The maximum atomic E-state index is 10.6. The number of carbonyl (C=O) groups is 1. The molecular formula is C11H20N2O. The predicted octanol–water partition coefficient (Wildman–Crippen LogP) is 1.73. The Kier molecular flexibility index (Phi) is 2.20. The maximum Gasteiger partial charge on any atom is 0.312 e. The number of nitrogens with one attached hydrogen (secondary N) is 1. The van der Waals surface area contributed by atoms with Crippen molar-refractivity contribution in [2.45, 2.75) is 33.1 Å². The second-order valence-corrected chi connectivity index (χ2v) is 5.44. The lowest BCUT2D eigenvalue weighted by Crippen LogP contribution is -2.54. The molecule has 0 aliphatic heterocycles. The van der Waals surface area contributed by atoms with Crippen LogP contribution in [0.2, 0.25) is 0 Å². The maximum absolute atomic E-state index is 10.6. The van der Waals surface area contributed by atoms with Crippen molar-refractivity contribution in [1.29, 1.82) is 0 Å². The Morgan fingerprint density at radius 1 is 1.50 bits per heavy atom. The van der Waals surface area contributed by atoms with E-state index >= 15 is 0 Å². The number of urea groups is 1. The minimum absolute atomic E-state index is 0.385. The predicted molar refractivity (Wildman–Crippen MR) is 55.7 cm³/mol. The molecule has 2 bridgehead atoms. The van der Waals surface area contributed by atoms with E-state index in [1.54, 1.807) is 0 Å². The molecule has 3 N–H and O–H groups in total. The van der Waals surface area contributed by atoms with E-state index < -0.39 is 0 Å². The molecule has 2 amide bonds. The topological polar surface area (TPSA) is 55.1 Å². The van der Waals surface area contributed by atoms with Crippen molar-refractivity contribution >= 4 is 6.03 Å². The van der Waals surface area contributed by atoms with Crippen molar-refractivity contribution < 1.29 is 4.79 Å². The van der Waals surface area contributed by atoms with E-state index in [0.717, 1.165) is 18.4 Å². The van der Waals surface area contributed by atoms with Gasteiger partial charge in [0.2, 0.25) is 0 Å². The SMILES string of the molecule is CC1(C)[C@H]2CC[C@@H](CNC(N)=O)[C@@H]1C2. The van der Waals surface area contributed by atoms with Gasteiger partial charge in [-0.05, 0) is 42.4 Å². The molecule has 0 saturated heterocycles. The van der Waals surface area contributed by atoms with Crippen LogP contribution in [0.5, 0.6) is 0 Å². The number of nitrogens with two attached hydrogens (primary N) is 1. The largest absolute Gasteiger partial charge is 0.352 e. The van der Waals surface area contributed by atoms with Gasteiger partial charge >= 0.3 is 6.03 Å². The molecule has 3 nitrogen and oxygen atoms in total. The van der Waals surface area contributed by atoms with Crippen molar-refractivity contribution in [3.8, 4) is 0 Å². The van der Waals surface area contributed by atoms with Gasteiger partial charge in [-0.2, -0.15) is 0 Å². The third-order valence-corrected chi connectivity index (χ3v) is 4.54. The van der Waals surface area contributed by atoms with E-state index in [0.29, 0.717) is 11.3 Å². The highest BCUT2D eigenvalue weighted by Gasteiger charge is 2.53. The molecule has 3 heteroatoms. The fourth-order valence-electron chi connectivity index (χ4n) is 3.44. The van der Waals surface area contributed by atoms with Gasteiger partial charge < -0.3 is 11.1 Å². The van der Waals surface area contributed by atoms with Crippen LogP contribution in [0, 0.1) is 23.2 Å². The molecule has 3 fully saturated rings. The van der Waals surface area contributed by atoms with E-state index in [1.807, 2.05) is 0 Å². The van der Waals surface area contributed by atoms with Crippen LogP contribution in [0.1, 0.15) is 33.1 Å². The lowest BCUT2D eigenvalue weighted by molar-refractivity contribution is -0.103. The Labute approximate surface area is 85.4 Å². The first-order valence-electron chi connectivity index (χ1n) is 5.55. The van der Waals surface area contributed by atoms with Gasteiger partial charge in [0.1, 0.15) is 0 Å². The van der Waals surface area contributed by atoms with Crippen molar-refractivity contribution in [3.63, 3.8) is 0 Å². The highest BCUT2D eigenvalue weighted by Crippen LogP contribution is 2.61. The standard InChI is InChI=1S/C11H20N2O/c1-11(2)8-4-3-7(9(11)5-8)6-13-10(12)14/h7-9H,3-6H2,1-2H3,(H3,12,13,14)/t7-,8-,9-/m0/s1. The summed E-state index contributed by atoms with van der Waals surface area (Å²) in [5.74, 6) is 2.38. The second kappa shape index (κ2) is 3.14. The average molecular weight is 196 g/mol. The Morgan fingerprint density at radius 2 is 2.21 bits per heavy atom. The number of hydrogen-bond acceptors (Lipinski definition) is 1. The molecule has 0 aromatic carbocycles. The summed E-state index contributed by atoms with van der Waals surface area (Å²) in [6, 6.07) is -0.385. The zero-order valence-corrected chi connectivity index (χ0v) is 9.05. The summed E-state index contributed by atoms with van der Waals surface area (Å²) in [5, 5.41) is 2.75. The van der Waals surface area contributed by atoms with Crippen molar-refractivity contribution in [1.82, 2.24) is 5.32 Å². The first-order valence-corrected chi connectivity index (χ1v) is 5.55. The summed E-state index contributed by atoms with van der Waals surface area (Å²) >= 11 is 0. The van der Waals surface area contributed by atoms with Crippen LogP contribution in [0.3, 0.4) is 0 Å². The van der Waals surface area contributed by atoms with Crippen LogP contribution >= 0.6 is 0 Å². The molecule has 3 rings (SSSR count). The smallest absolute Gasteiger partial charge is 0.312 e. The van der Waals surface area contributed by atoms with Crippen LogP contribution in [0.4, 0.5) is 4.79 Å². The van der Waals surface area contributed by atoms with Gasteiger partial charge in [0.15, 0.2) is 0 Å². The minimum Gasteiger partial charge on any atom is -0.352 e. The van der Waals surface area contributed by atoms with E-state index in [-0.39, 0.29) is 6.03 Å². The molecule has 0 spiro atoms. The normalized spacial score (nSPS) is 38.6. The Morgan fingerprint density at radius 3 is 2.71 bits per heavy atom. The number of amides is 2. The third-order valence-electron chi connectivity index (χ3n) is 4.54. The summed E-state index contributed by atoms with van der Waals surface area (Å²) in [7, 11) is 0. The number of primary amides is 1. The van der Waals surface area contributed by atoms with Crippen LogP contribution in [-0.4, -0.2) is 12.6 Å². The molecule has 0 aromatic rings. The summed E-state index contributed by atoms with van der Waals surface area (Å²) < 4.78 is 0. The molecule has 3 aliphatic rings. The molecule has 3 aliphatic carbocycles. The molecule has 0 radical (unpaired) electrons. The molecular weight excluding hydrogens is 176 g/mol. The first-order chi connectivity index (χ1) is 6.51. The van der Waals surface area contributed by atoms with Crippen LogP contribution in [-0.2, 0) is 0 Å². The summed E-state index contributed by atoms with van der Waals surface area (Å²) in [5.41, 5.74) is 5.59. The number of rotatable bonds is 2. The molecule has 0 heterocycles. The number of hydrogen-bond donors (Lipinski definition) is 2. The van der Waals surface area contributed by atoms with E-state index in [2.05, 4.69) is 19.2 Å². The average Bonchev–Trinajstić information content (AvgIpc) is 2.14. The van der Waals surface area contributed by atoms with Crippen LogP contribution in [0.15, 0.2) is 0 Å². The minimum atomic E-state index is -0.385. The van der Waals surface area contributed by atoms with Crippen LogP contribution in [0.25, 0.3) is 0 Å². The van der Waals surface area contributed by atoms with Gasteiger partial charge in [0.25, 0.3) is 0 Å². The van der Waals surface area contributed by atoms with Gasteiger partial charge in [0, 0.05) is 6.54 Å². The lowest BCUT2D eigenvalue weighted by Gasteiger charge is -2.60. The van der Waals surface area contributed by atoms with Gasteiger partial charge in [-0.3, -0.25) is 0 Å². The molecule has 0 unspecified atom stereocenters. The van der Waals surface area contributed by atoms with Crippen molar-refractivity contribution in [2.24, 2.45) is 28.9 Å². The third kappa shape index (κ3) is 1.39. The van der Waals surface area contributed by atoms with Gasteiger partial charge in [-0.25, -0.2) is 4.79 Å². The van der Waals surface area contributed by atoms with Crippen molar-refractivity contribution in [3.05, 3.63) is 0 Å². The summed E-state index contributed by atoms with van der Waals surface area (Å²) in [6.07, 6.45) is 3.95. The highest BCUT2D eigenvalue weighted by atomic mass is 16.2. The molecule has 14 heavy (non-hydrogen) atoms. The quantitative estimate of drug-likeness (QED) is 0.694. The zero-order chi connectivity index (χ0) is 10.3. The van der Waals surface area contributed by atoms with E-state index in [9.17, 15) is 4.79 Å². The zero-order valence-electron chi connectivity index (χ0n) is 9.05. The van der Waals surface area contributed by atoms with Gasteiger partial charge in [-0.1, -0.05) is 13.8 Å². The molecule has 3 saturated carbocycles. The lowest BCUT2D eigenvalue weighted by atomic mass is 9.45. The Bertz CT molecular complexity index is 248. The molecule has 3 atom stereocenters. The fraction of sp³-hybridized carbons (Fsp3) is 0.909. The highest BCUT2D eigenvalue weighted by molar-refractivity contribution is 5.71. The van der Waals surface area contributed by atoms with Gasteiger partial charge in [0.05, 0.1) is 0 Å². The van der Waals surface area contributed by atoms with Gasteiger partial charge in [-0.15, -0.1) is 0 Å². The van der Waals surface area contributed by atoms with Crippen molar-refractivity contribution in [2.75, 3.05) is 6.54 Å². The Hall–Kier alpha value is -0.730. The molecule has 0 aromatic heterocycles. The number of carbonyl (C=O) groups excluding carboxylic acids is 1. The van der Waals surface area contributed by atoms with E-state index in [4.69, 9.17) is 5.73 Å². The fourth-order valence-corrected chi connectivity index (χ4v) is 3.44. The monoisotopic (exact) mass is 196 g/mol. The summed E-state index contributed by atoms with van der Waals surface area (Å²) in [6.45, 7) is 5.50. The molecule has 80 valence electrons.